The standard InChI is InChI=1S/C14H19BrN2O3/c1-13(2,3)20-12(19)17(5)14(4,9-18)10-6-7-11(15)16-8-10/h6-9H,1-5H3. The van der Waals surface area contributed by atoms with Gasteiger partial charge in [0.15, 0.2) is 0 Å². The molecule has 0 spiro atoms. The molecule has 0 radical (unpaired) electrons. The lowest BCUT2D eigenvalue weighted by Gasteiger charge is -2.35. The molecule has 1 amide bonds. The van der Waals surface area contributed by atoms with Gasteiger partial charge < -0.3 is 9.53 Å². The van der Waals surface area contributed by atoms with E-state index in [2.05, 4.69) is 20.9 Å². The third kappa shape index (κ3) is 3.79. The highest BCUT2D eigenvalue weighted by Gasteiger charge is 2.37. The summed E-state index contributed by atoms with van der Waals surface area (Å²) in [5.74, 6) is 0. The summed E-state index contributed by atoms with van der Waals surface area (Å²) in [4.78, 5) is 29.0. The van der Waals surface area contributed by atoms with E-state index in [1.807, 2.05) is 0 Å². The van der Waals surface area contributed by atoms with Gasteiger partial charge in [-0.25, -0.2) is 9.78 Å². The Morgan fingerprint density at radius 2 is 1.95 bits per heavy atom. The number of likely N-dealkylation sites (N-methyl/N-ethyl adjacent to an activating group) is 1. The van der Waals surface area contributed by atoms with Crippen LogP contribution >= 0.6 is 15.9 Å². The predicted octanol–water partition coefficient (Wildman–Crippen LogP) is 3.13. The molecule has 0 aliphatic carbocycles. The molecule has 0 saturated carbocycles. The quantitative estimate of drug-likeness (QED) is 0.625. The molecule has 5 nitrogen and oxygen atoms in total. The number of amides is 1. The number of aldehydes is 1. The number of hydrogen-bond acceptors (Lipinski definition) is 4. The Kier molecular flexibility index (Phi) is 4.91. The third-order valence-corrected chi connectivity index (χ3v) is 3.37. The van der Waals surface area contributed by atoms with Gasteiger partial charge >= 0.3 is 6.09 Å². The lowest BCUT2D eigenvalue weighted by Crippen LogP contribution is -2.48. The van der Waals surface area contributed by atoms with Gasteiger partial charge in [0.25, 0.3) is 0 Å². The molecule has 1 atom stereocenters. The van der Waals surface area contributed by atoms with Crippen LogP contribution in [0.15, 0.2) is 22.9 Å². The normalized spacial score (nSPS) is 14.3. The van der Waals surface area contributed by atoms with Crippen LogP contribution in [-0.4, -0.2) is 34.9 Å². The first-order valence-corrected chi connectivity index (χ1v) is 6.94. The number of pyridine rings is 1. The van der Waals surface area contributed by atoms with Crippen molar-refractivity contribution in [2.75, 3.05) is 7.05 Å². The van der Waals surface area contributed by atoms with Gasteiger partial charge in [0, 0.05) is 18.8 Å². The van der Waals surface area contributed by atoms with E-state index in [-0.39, 0.29) is 0 Å². The van der Waals surface area contributed by atoms with Crippen LogP contribution in [-0.2, 0) is 15.1 Å². The molecule has 0 saturated heterocycles. The summed E-state index contributed by atoms with van der Waals surface area (Å²) in [5.41, 5.74) is -1.13. The molecular formula is C14H19BrN2O3. The SMILES string of the molecule is CN(C(=O)OC(C)(C)C)C(C)(C=O)c1ccc(Br)nc1. The lowest BCUT2D eigenvalue weighted by atomic mass is 9.94. The van der Waals surface area contributed by atoms with Gasteiger partial charge in [-0.05, 0) is 49.7 Å². The maximum Gasteiger partial charge on any atom is 0.411 e. The molecule has 0 aliphatic rings. The topological polar surface area (TPSA) is 59.5 Å². The summed E-state index contributed by atoms with van der Waals surface area (Å²) < 4.78 is 5.95. The van der Waals surface area contributed by atoms with Crippen LogP contribution in [0.2, 0.25) is 0 Å². The Labute approximate surface area is 127 Å². The van der Waals surface area contributed by atoms with Crippen molar-refractivity contribution in [3.05, 3.63) is 28.5 Å². The Morgan fingerprint density at radius 1 is 1.35 bits per heavy atom. The molecule has 110 valence electrons. The fourth-order valence-corrected chi connectivity index (χ4v) is 1.77. The second kappa shape index (κ2) is 5.91. The van der Waals surface area contributed by atoms with Crippen LogP contribution < -0.4 is 0 Å². The predicted molar refractivity (Wildman–Crippen MR) is 79.4 cm³/mol. The van der Waals surface area contributed by atoms with Crippen LogP contribution in [0.3, 0.4) is 0 Å². The van der Waals surface area contributed by atoms with Gasteiger partial charge in [0.2, 0.25) is 0 Å². The van der Waals surface area contributed by atoms with Crippen molar-refractivity contribution < 1.29 is 14.3 Å². The smallest absolute Gasteiger partial charge is 0.411 e. The van der Waals surface area contributed by atoms with Crippen molar-refractivity contribution in [3.8, 4) is 0 Å². The van der Waals surface area contributed by atoms with E-state index in [1.165, 1.54) is 11.9 Å². The monoisotopic (exact) mass is 342 g/mol. The highest BCUT2D eigenvalue weighted by Crippen LogP contribution is 2.27. The minimum Gasteiger partial charge on any atom is -0.444 e. The zero-order chi connectivity index (χ0) is 15.6. The van der Waals surface area contributed by atoms with Crippen LogP contribution in [0.5, 0.6) is 0 Å². The summed E-state index contributed by atoms with van der Waals surface area (Å²) in [6.45, 7) is 6.98. The molecule has 0 aliphatic heterocycles. The second-order valence-electron chi connectivity index (χ2n) is 5.67. The van der Waals surface area contributed by atoms with Crippen molar-refractivity contribution in [2.24, 2.45) is 0 Å². The van der Waals surface area contributed by atoms with E-state index < -0.39 is 17.2 Å². The van der Waals surface area contributed by atoms with Crippen molar-refractivity contribution in [1.82, 2.24) is 9.88 Å². The van der Waals surface area contributed by atoms with Gasteiger partial charge in [0.1, 0.15) is 22.0 Å². The Hall–Kier alpha value is -1.43. The molecule has 0 bridgehead atoms. The molecule has 1 rings (SSSR count). The van der Waals surface area contributed by atoms with Gasteiger partial charge in [-0.15, -0.1) is 0 Å². The van der Waals surface area contributed by atoms with E-state index in [4.69, 9.17) is 4.74 Å². The molecule has 1 aromatic heterocycles. The van der Waals surface area contributed by atoms with Crippen LogP contribution in [0, 0.1) is 0 Å². The van der Waals surface area contributed by atoms with Gasteiger partial charge in [-0.1, -0.05) is 6.07 Å². The zero-order valence-corrected chi connectivity index (χ0v) is 13.9. The molecular weight excluding hydrogens is 324 g/mol. The van der Waals surface area contributed by atoms with E-state index in [0.717, 1.165) is 0 Å². The number of rotatable bonds is 3. The summed E-state index contributed by atoms with van der Waals surface area (Å²) in [6.07, 6.45) is 1.70. The largest absolute Gasteiger partial charge is 0.444 e. The second-order valence-corrected chi connectivity index (χ2v) is 6.49. The van der Waals surface area contributed by atoms with E-state index in [9.17, 15) is 9.59 Å². The number of ether oxygens (including phenoxy) is 1. The zero-order valence-electron chi connectivity index (χ0n) is 12.3. The van der Waals surface area contributed by atoms with Gasteiger partial charge in [-0.2, -0.15) is 0 Å². The summed E-state index contributed by atoms with van der Waals surface area (Å²) >= 11 is 3.24. The molecule has 0 N–H and O–H groups in total. The Bertz CT molecular complexity index is 496. The van der Waals surface area contributed by atoms with Crippen molar-refractivity contribution in [2.45, 2.75) is 38.8 Å². The summed E-state index contributed by atoms with van der Waals surface area (Å²) in [5, 5.41) is 0. The number of carbonyl (C=O) groups excluding carboxylic acids is 2. The maximum absolute atomic E-state index is 12.1. The number of hydrogen-bond donors (Lipinski definition) is 0. The van der Waals surface area contributed by atoms with Crippen LogP contribution in [0.1, 0.15) is 33.3 Å². The van der Waals surface area contributed by atoms with Crippen LogP contribution in [0.4, 0.5) is 4.79 Å². The summed E-state index contributed by atoms with van der Waals surface area (Å²) in [7, 11) is 1.53. The molecule has 1 unspecified atom stereocenters. The number of halogens is 1. The first kappa shape index (κ1) is 16.6. The Morgan fingerprint density at radius 3 is 2.35 bits per heavy atom. The van der Waals surface area contributed by atoms with E-state index in [1.54, 1.807) is 46.0 Å². The van der Waals surface area contributed by atoms with Crippen molar-refractivity contribution in [3.63, 3.8) is 0 Å². The number of nitrogens with zero attached hydrogens (tertiary/aromatic N) is 2. The first-order valence-electron chi connectivity index (χ1n) is 6.15. The molecule has 6 heteroatoms. The van der Waals surface area contributed by atoms with Crippen LogP contribution in [0.25, 0.3) is 0 Å². The number of carbonyl (C=O) groups is 2. The van der Waals surface area contributed by atoms with Gasteiger partial charge in [-0.3, -0.25) is 4.90 Å². The summed E-state index contributed by atoms with van der Waals surface area (Å²) in [6, 6.07) is 3.46. The highest BCUT2D eigenvalue weighted by atomic mass is 79.9. The highest BCUT2D eigenvalue weighted by molar-refractivity contribution is 9.10. The molecule has 1 heterocycles. The minimum atomic E-state index is -1.13. The maximum atomic E-state index is 12.1. The van der Waals surface area contributed by atoms with Crippen molar-refractivity contribution in [1.29, 1.82) is 0 Å². The minimum absolute atomic E-state index is 0.560. The van der Waals surface area contributed by atoms with E-state index in [0.29, 0.717) is 16.5 Å². The molecule has 20 heavy (non-hydrogen) atoms. The molecule has 0 aromatic carbocycles. The van der Waals surface area contributed by atoms with Crippen molar-refractivity contribution >= 4 is 28.3 Å². The Balaban J connectivity index is 3.07. The molecule has 1 aromatic rings. The average molecular weight is 343 g/mol. The fraction of sp³-hybridized carbons (Fsp3) is 0.500. The molecule has 0 fully saturated rings. The fourth-order valence-electron chi connectivity index (χ4n) is 1.54. The number of aromatic nitrogens is 1. The first-order chi connectivity index (χ1) is 9.10. The lowest BCUT2D eigenvalue weighted by molar-refractivity contribution is -0.117. The average Bonchev–Trinajstić information content (AvgIpc) is 2.35. The van der Waals surface area contributed by atoms with Gasteiger partial charge in [0.05, 0.1) is 0 Å². The third-order valence-electron chi connectivity index (χ3n) is 2.91. The van der Waals surface area contributed by atoms with E-state index >= 15 is 0 Å².